The largest absolute Gasteiger partial charge is 0.493 e. The van der Waals surface area contributed by atoms with Crippen LogP contribution in [0.2, 0.25) is 0 Å². The van der Waals surface area contributed by atoms with Crippen molar-refractivity contribution < 1.29 is 19.1 Å². The Hall–Kier alpha value is -3.48. The van der Waals surface area contributed by atoms with Gasteiger partial charge in [-0.1, -0.05) is 18.2 Å². The third-order valence-electron chi connectivity index (χ3n) is 4.90. The third-order valence-corrected chi connectivity index (χ3v) is 4.90. The van der Waals surface area contributed by atoms with E-state index in [1.54, 1.807) is 32.2 Å². The van der Waals surface area contributed by atoms with Crippen molar-refractivity contribution in [2.75, 3.05) is 19.5 Å². The molecule has 0 spiro atoms. The minimum atomic E-state index is -0.631. The molecule has 0 fully saturated rings. The highest BCUT2D eigenvalue weighted by molar-refractivity contribution is 6.07. The van der Waals surface area contributed by atoms with E-state index in [9.17, 15) is 9.59 Å². The third kappa shape index (κ3) is 4.18. The zero-order chi connectivity index (χ0) is 21.1. The van der Waals surface area contributed by atoms with Crippen LogP contribution in [-0.4, -0.2) is 26.2 Å². The van der Waals surface area contributed by atoms with E-state index in [1.165, 1.54) is 7.11 Å². The monoisotopic (exact) mass is 395 g/mol. The number of carbonyl (C=O) groups excluding carboxylic acids is 2. The van der Waals surface area contributed by atoms with Gasteiger partial charge in [-0.15, -0.1) is 0 Å². The maximum atomic E-state index is 13.2. The Bertz CT molecular complexity index is 998. The molecule has 2 aromatic rings. The van der Waals surface area contributed by atoms with Crippen LogP contribution in [0, 0.1) is 13.8 Å². The quantitative estimate of drug-likeness (QED) is 0.722. The van der Waals surface area contributed by atoms with Gasteiger partial charge >= 0.3 is 6.03 Å². The fraction of sp³-hybridized carbons (Fsp3) is 0.273. The van der Waals surface area contributed by atoms with Crippen LogP contribution in [0.15, 0.2) is 47.7 Å². The summed E-state index contributed by atoms with van der Waals surface area (Å²) in [5, 5.41) is 8.49. The Kier molecular flexibility index (Phi) is 5.77. The summed E-state index contributed by atoms with van der Waals surface area (Å²) in [6.07, 6.45) is 0. The Morgan fingerprint density at radius 1 is 1.00 bits per heavy atom. The number of aryl methyl sites for hydroxylation is 2. The van der Waals surface area contributed by atoms with Crippen LogP contribution in [0.25, 0.3) is 0 Å². The van der Waals surface area contributed by atoms with Crippen LogP contribution in [0.5, 0.6) is 11.5 Å². The molecule has 7 heteroatoms. The molecule has 0 bridgehead atoms. The second kappa shape index (κ2) is 8.26. The van der Waals surface area contributed by atoms with E-state index >= 15 is 0 Å². The number of anilines is 1. The summed E-state index contributed by atoms with van der Waals surface area (Å²) >= 11 is 0. The average molecular weight is 395 g/mol. The molecule has 0 radical (unpaired) electrons. The van der Waals surface area contributed by atoms with Crippen molar-refractivity contribution in [1.29, 1.82) is 0 Å². The molecule has 0 aliphatic carbocycles. The van der Waals surface area contributed by atoms with Crippen molar-refractivity contribution in [3.8, 4) is 11.5 Å². The molecule has 0 aromatic heterocycles. The number of hydrogen-bond acceptors (Lipinski definition) is 4. The molecule has 3 amide bonds. The van der Waals surface area contributed by atoms with Gasteiger partial charge in [0, 0.05) is 11.4 Å². The maximum absolute atomic E-state index is 13.2. The summed E-state index contributed by atoms with van der Waals surface area (Å²) in [6, 6.07) is 10.2. The van der Waals surface area contributed by atoms with Crippen LogP contribution in [0.1, 0.15) is 29.7 Å². The maximum Gasteiger partial charge on any atom is 0.319 e. The van der Waals surface area contributed by atoms with Crippen LogP contribution >= 0.6 is 0 Å². The van der Waals surface area contributed by atoms with Gasteiger partial charge in [0.15, 0.2) is 11.5 Å². The van der Waals surface area contributed by atoms with Gasteiger partial charge in [0.2, 0.25) is 0 Å². The number of ether oxygens (including phenoxy) is 2. The van der Waals surface area contributed by atoms with Crippen molar-refractivity contribution >= 4 is 17.6 Å². The fourth-order valence-corrected chi connectivity index (χ4v) is 3.34. The minimum Gasteiger partial charge on any atom is -0.493 e. The molecule has 1 atom stereocenters. The summed E-state index contributed by atoms with van der Waals surface area (Å²) in [5.41, 5.74) is 4.37. The lowest BCUT2D eigenvalue weighted by Crippen LogP contribution is -2.46. The molecule has 0 saturated heterocycles. The predicted molar refractivity (Wildman–Crippen MR) is 111 cm³/mol. The second-order valence-corrected chi connectivity index (χ2v) is 6.96. The van der Waals surface area contributed by atoms with Gasteiger partial charge in [0.25, 0.3) is 5.91 Å². The molecule has 0 saturated carbocycles. The molecule has 29 heavy (non-hydrogen) atoms. The van der Waals surface area contributed by atoms with Crippen molar-refractivity contribution in [2.24, 2.45) is 0 Å². The first-order valence-corrected chi connectivity index (χ1v) is 9.23. The molecular weight excluding hydrogens is 370 g/mol. The highest BCUT2D eigenvalue weighted by Crippen LogP contribution is 2.34. The first-order valence-electron chi connectivity index (χ1n) is 9.23. The summed E-state index contributed by atoms with van der Waals surface area (Å²) in [7, 11) is 3.09. The Balaban J connectivity index is 2.00. The van der Waals surface area contributed by atoms with E-state index in [2.05, 4.69) is 16.0 Å². The highest BCUT2D eigenvalue weighted by atomic mass is 16.5. The predicted octanol–water partition coefficient (Wildman–Crippen LogP) is 3.59. The molecule has 3 rings (SSSR count). The SMILES string of the molecule is COc1ccc([C@@H]2NC(=O)NC(C)=C2C(=O)Nc2cc(C)ccc2C)cc1OC. The summed E-state index contributed by atoms with van der Waals surface area (Å²) in [6.45, 7) is 5.61. The zero-order valence-electron chi connectivity index (χ0n) is 17.2. The minimum absolute atomic E-state index is 0.288. The number of hydrogen-bond donors (Lipinski definition) is 3. The molecule has 3 N–H and O–H groups in total. The second-order valence-electron chi connectivity index (χ2n) is 6.96. The average Bonchev–Trinajstić information content (AvgIpc) is 2.69. The molecular formula is C22H25N3O4. The highest BCUT2D eigenvalue weighted by Gasteiger charge is 2.32. The first-order chi connectivity index (χ1) is 13.8. The first kappa shape index (κ1) is 20.3. The molecule has 7 nitrogen and oxygen atoms in total. The Morgan fingerprint density at radius 3 is 2.41 bits per heavy atom. The van der Waals surface area contributed by atoms with Crippen LogP contribution < -0.4 is 25.4 Å². The van der Waals surface area contributed by atoms with Gasteiger partial charge < -0.3 is 25.4 Å². The number of urea groups is 1. The molecule has 1 aliphatic heterocycles. The van der Waals surface area contributed by atoms with E-state index in [-0.39, 0.29) is 11.9 Å². The number of amides is 3. The summed E-state index contributed by atoms with van der Waals surface area (Å²) in [4.78, 5) is 25.3. The smallest absolute Gasteiger partial charge is 0.319 e. The van der Waals surface area contributed by atoms with Gasteiger partial charge in [-0.05, 0) is 55.7 Å². The molecule has 1 heterocycles. The summed E-state index contributed by atoms with van der Waals surface area (Å²) < 4.78 is 10.7. The standard InChI is InChI=1S/C22H25N3O4/c1-12-6-7-13(2)16(10-12)24-21(26)19-14(3)23-22(27)25-20(19)15-8-9-17(28-4)18(11-15)29-5/h6-11,20H,1-5H3,(H,24,26)(H2,23,25,27)/t20-/m0/s1. The van der Waals surface area contributed by atoms with E-state index in [4.69, 9.17) is 9.47 Å². The lowest BCUT2D eigenvalue weighted by molar-refractivity contribution is -0.113. The molecule has 2 aromatic carbocycles. The van der Waals surface area contributed by atoms with Crippen molar-refractivity contribution in [1.82, 2.24) is 10.6 Å². The number of methoxy groups -OCH3 is 2. The van der Waals surface area contributed by atoms with E-state index in [1.807, 2.05) is 32.0 Å². The van der Waals surface area contributed by atoms with Crippen molar-refractivity contribution in [3.63, 3.8) is 0 Å². The van der Waals surface area contributed by atoms with Gasteiger partial charge in [0.05, 0.1) is 25.8 Å². The number of rotatable bonds is 5. The van der Waals surface area contributed by atoms with Crippen LogP contribution in [-0.2, 0) is 4.79 Å². The van der Waals surface area contributed by atoms with Gasteiger partial charge in [-0.2, -0.15) is 0 Å². The number of nitrogens with one attached hydrogen (secondary N) is 3. The number of benzene rings is 2. The van der Waals surface area contributed by atoms with Crippen molar-refractivity contribution in [3.05, 3.63) is 64.4 Å². The van der Waals surface area contributed by atoms with Gasteiger partial charge in [0.1, 0.15) is 0 Å². The van der Waals surface area contributed by atoms with Crippen LogP contribution in [0.3, 0.4) is 0 Å². The van der Waals surface area contributed by atoms with Gasteiger partial charge in [-0.3, -0.25) is 4.79 Å². The fourth-order valence-electron chi connectivity index (χ4n) is 3.34. The number of allylic oxidation sites excluding steroid dienone is 1. The summed E-state index contributed by atoms with van der Waals surface area (Å²) in [5.74, 6) is 0.798. The van der Waals surface area contributed by atoms with Crippen LogP contribution in [0.4, 0.5) is 10.5 Å². The zero-order valence-corrected chi connectivity index (χ0v) is 17.2. The van der Waals surface area contributed by atoms with E-state index in [0.29, 0.717) is 28.3 Å². The van der Waals surface area contributed by atoms with Crippen molar-refractivity contribution in [2.45, 2.75) is 26.8 Å². The Labute approximate surface area is 170 Å². The topological polar surface area (TPSA) is 88.7 Å². The lowest BCUT2D eigenvalue weighted by atomic mass is 9.94. The molecule has 152 valence electrons. The lowest BCUT2D eigenvalue weighted by Gasteiger charge is -2.29. The van der Waals surface area contributed by atoms with E-state index in [0.717, 1.165) is 16.8 Å². The molecule has 1 aliphatic rings. The van der Waals surface area contributed by atoms with E-state index < -0.39 is 6.04 Å². The Morgan fingerprint density at radius 2 is 1.72 bits per heavy atom. The van der Waals surface area contributed by atoms with Gasteiger partial charge in [-0.25, -0.2) is 4.79 Å². The number of carbonyl (C=O) groups is 2. The normalized spacial score (nSPS) is 16.0. The molecule has 0 unspecified atom stereocenters.